The molecule has 0 fully saturated rings. The third-order valence-electron chi connectivity index (χ3n) is 3.53. The van der Waals surface area contributed by atoms with Gasteiger partial charge in [-0.2, -0.15) is 13.2 Å². The van der Waals surface area contributed by atoms with Gasteiger partial charge in [0.2, 0.25) is 0 Å². The van der Waals surface area contributed by atoms with Crippen LogP contribution < -0.4 is 5.32 Å². The molecule has 0 bridgehead atoms. The number of amides is 1. The highest BCUT2D eigenvalue weighted by Crippen LogP contribution is 2.29. The lowest BCUT2D eigenvalue weighted by Crippen LogP contribution is -2.22. The lowest BCUT2D eigenvalue weighted by atomic mass is 10.1. The van der Waals surface area contributed by atoms with Crippen molar-refractivity contribution in [2.24, 2.45) is 0 Å². The summed E-state index contributed by atoms with van der Waals surface area (Å²) in [4.78, 5) is 17.0. The van der Waals surface area contributed by atoms with E-state index in [1.807, 2.05) is 30.3 Å². The van der Waals surface area contributed by atoms with Crippen LogP contribution in [0.2, 0.25) is 0 Å². The molecular weight excluding hydrogens is 349 g/mol. The summed E-state index contributed by atoms with van der Waals surface area (Å²) in [6.45, 7) is 0.00881. The first kappa shape index (κ1) is 17.2. The predicted octanol–water partition coefficient (Wildman–Crippen LogP) is 4.76. The number of alkyl halides is 3. The molecule has 1 N–H and O–H groups in total. The van der Waals surface area contributed by atoms with Gasteiger partial charge in [0, 0.05) is 12.1 Å². The third kappa shape index (κ3) is 4.06. The van der Waals surface area contributed by atoms with Crippen molar-refractivity contribution in [3.8, 4) is 11.3 Å². The van der Waals surface area contributed by atoms with Crippen molar-refractivity contribution < 1.29 is 18.0 Å². The van der Waals surface area contributed by atoms with Gasteiger partial charge in [-0.25, -0.2) is 4.98 Å². The summed E-state index contributed by atoms with van der Waals surface area (Å²) in [6.07, 6.45) is -4.40. The number of aromatic nitrogens is 1. The highest BCUT2D eigenvalue weighted by Gasteiger charge is 2.30. The number of thiazole rings is 1. The van der Waals surface area contributed by atoms with Gasteiger partial charge in [0.25, 0.3) is 5.91 Å². The van der Waals surface area contributed by atoms with Crippen LogP contribution in [0, 0.1) is 0 Å². The number of rotatable bonds is 4. The third-order valence-corrected chi connectivity index (χ3v) is 4.35. The van der Waals surface area contributed by atoms with Gasteiger partial charge in [-0.1, -0.05) is 42.5 Å². The second-order valence-corrected chi connectivity index (χ2v) is 6.13. The van der Waals surface area contributed by atoms with Crippen molar-refractivity contribution in [1.82, 2.24) is 10.3 Å². The van der Waals surface area contributed by atoms with E-state index < -0.39 is 11.7 Å². The second kappa shape index (κ2) is 7.06. The van der Waals surface area contributed by atoms with Gasteiger partial charge >= 0.3 is 6.18 Å². The second-order valence-electron chi connectivity index (χ2n) is 5.28. The fourth-order valence-electron chi connectivity index (χ4n) is 2.33. The number of hydrogen-bond donors (Lipinski definition) is 1. The summed E-state index contributed by atoms with van der Waals surface area (Å²) in [6, 6.07) is 14.2. The lowest BCUT2D eigenvalue weighted by molar-refractivity contribution is -0.137. The molecule has 0 spiro atoms. The Morgan fingerprint density at radius 3 is 2.56 bits per heavy atom. The van der Waals surface area contributed by atoms with Gasteiger partial charge in [0.05, 0.1) is 16.8 Å². The van der Waals surface area contributed by atoms with Gasteiger partial charge in [-0.05, 0) is 17.7 Å². The summed E-state index contributed by atoms with van der Waals surface area (Å²) >= 11 is 1.19. The van der Waals surface area contributed by atoms with Crippen molar-refractivity contribution in [1.29, 1.82) is 0 Å². The Hall–Kier alpha value is -2.67. The fraction of sp³-hybridized carbons (Fsp3) is 0.111. The molecule has 0 aliphatic heterocycles. The Kier molecular flexibility index (Phi) is 4.85. The van der Waals surface area contributed by atoms with Crippen molar-refractivity contribution in [2.75, 3.05) is 0 Å². The topological polar surface area (TPSA) is 42.0 Å². The molecule has 0 radical (unpaired) electrons. The van der Waals surface area contributed by atoms with E-state index in [1.165, 1.54) is 17.4 Å². The Labute approximate surface area is 146 Å². The first-order chi connectivity index (χ1) is 11.9. The van der Waals surface area contributed by atoms with E-state index >= 15 is 0 Å². The van der Waals surface area contributed by atoms with E-state index in [1.54, 1.807) is 11.6 Å². The van der Waals surface area contributed by atoms with E-state index in [0.717, 1.165) is 17.7 Å². The highest BCUT2D eigenvalue weighted by atomic mass is 32.1. The number of halogens is 3. The van der Waals surface area contributed by atoms with Gasteiger partial charge in [-0.3, -0.25) is 4.79 Å². The Bertz CT molecular complexity index is 875. The summed E-state index contributed by atoms with van der Waals surface area (Å²) in [7, 11) is 0. The Morgan fingerprint density at radius 1 is 1.08 bits per heavy atom. The Balaban J connectivity index is 1.74. The number of carbonyl (C=O) groups excluding carboxylic acids is 1. The van der Waals surface area contributed by atoms with E-state index in [2.05, 4.69) is 10.3 Å². The van der Waals surface area contributed by atoms with Crippen LogP contribution in [-0.4, -0.2) is 10.9 Å². The van der Waals surface area contributed by atoms with E-state index in [0.29, 0.717) is 16.1 Å². The zero-order valence-corrected chi connectivity index (χ0v) is 13.7. The largest absolute Gasteiger partial charge is 0.416 e. The van der Waals surface area contributed by atoms with Gasteiger partial charge < -0.3 is 5.32 Å². The Morgan fingerprint density at radius 2 is 1.84 bits per heavy atom. The summed E-state index contributed by atoms with van der Waals surface area (Å²) < 4.78 is 38.2. The van der Waals surface area contributed by atoms with Crippen LogP contribution in [0.4, 0.5) is 13.2 Å². The van der Waals surface area contributed by atoms with Crippen LogP contribution in [0.1, 0.15) is 20.8 Å². The van der Waals surface area contributed by atoms with Crippen molar-refractivity contribution in [2.45, 2.75) is 12.7 Å². The maximum absolute atomic E-state index is 12.7. The minimum Gasteiger partial charge on any atom is -0.347 e. The predicted molar refractivity (Wildman–Crippen MR) is 90.2 cm³/mol. The first-order valence-corrected chi connectivity index (χ1v) is 8.26. The zero-order valence-electron chi connectivity index (χ0n) is 12.9. The molecule has 128 valence electrons. The minimum atomic E-state index is -4.40. The number of benzene rings is 2. The molecule has 0 atom stereocenters. The lowest BCUT2D eigenvalue weighted by Gasteiger charge is -2.09. The zero-order chi connectivity index (χ0) is 17.9. The molecule has 1 heterocycles. The van der Waals surface area contributed by atoms with Crippen LogP contribution in [0.3, 0.4) is 0 Å². The number of carbonyl (C=O) groups is 1. The molecule has 3 nitrogen and oxygen atoms in total. The van der Waals surface area contributed by atoms with Crippen molar-refractivity contribution >= 4 is 17.2 Å². The molecule has 7 heteroatoms. The maximum atomic E-state index is 12.7. The maximum Gasteiger partial charge on any atom is 0.416 e. The molecule has 0 saturated heterocycles. The summed E-state index contributed by atoms with van der Waals surface area (Å²) in [5.41, 5.74) is 2.60. The van der Waals surface area contributed by atoms with Gasteiger partial charge in [0.1, 0.15) is 4.88 Å². The van der Waals surface area contributed by atoms with Crippen LogP contribution in [0.15, 0.2) is 60.1 Å². The SMILES string of the molecule is O=C(NCc1cccc(C(F)(F)F)c1)c1scnc1-c1ccccc1. The smallest absolute Gasteiger partial charge is 0.347 e. The molecule has 1 aromatic heterocycles. The van der Waals surface area contributed by atoms with Gasteiger partial charge in [-0.15, -0.1) is 11.3 Å². The first-order valence-electron chi connectivity index (χ1n) is 7.38. The van der Waals surface area contributed by atoms with Crippen molar-refractivity contribution in [3.63, 3.8) is 0 Å². The van der Waals surface area contributed by atoms with Crippen LogP contribution in [0.25, 0.3) is 11.3 Å². The number of nitrogens with one attached hydrogen (secondary N) is 1. The number of hydrogen-bond acceptors (Lipinski definition) is 3. The summed E-state index contributed by atoms with van der Waals surface area (Å²) in [5, 5.41) is 2.65. The fourth-order valence-corrected chi connectivity index (χ4v) is 3.05. The quantitative estimate of drug-likeness (QED) is 0.727. The van der Waals surface area contributed by atoms with Crippen LogP contribution in [-0.2, 0) is 12.7 Å². The van der Waals surface area contributed by atoms with E-state index in [-0.39, 0.29) is 12.5 Å². The van der Waals surface area contributed by atoms with Crippen molar-refractivity contribution in [3.05, 3.63) is 76.1 Å². The molecule has 0 saturated carbocycles. The monoisotopic (exact) mass is 362 g/mol. The molecule has 25 heavy (non-hydrogen) atoms. The van der Waals surface area contributed by atoms with Gasteiger partial charge in [0.15, 0.2) is 0 Å². The average molecular weight is 362 g/mol. The normalized spacial score (nSPS) is 11.3. The average Bonchev–Trinajstić information content (AvgIpc) is 3.10. The minimum absolute atomic E-state index is 0.00881. The number of nitrogens with zero attached hydrogens (tertiary/aromatic N) is 1. The van der Waals surface area contributed by atoms with E-state index in [4.69, 9.17) is 0 Å². The molecule has 3 rings (SSSR count). The molecule has 0 aliphatic carbocycles. The molecule has 3 aromatic rings. The molecular formula is C18H13F3N2OS. The highest BCUT2D eigenvalue weighted by molar-refractivity contribution is 7.12. The van der Waals surface area contributed by atoms with E-state index in [9.17, 15) is 18.0 Å². The van der Waals surface area contributed by atoms with Crippen LogP contribution >= 0.6 is 11.3 Å². The van der Waals surface area contributed by atoms with Crippen LogP contribution in [0.5, 0.6) is 0 Å². The molecule has 2 aromatic carbocycles. The molecule has 0 unspecified atom stereocenters. The molecule has 1 amide bonds. The molecule has 0 aliphatic rings. The summed E-state index contributed by atoms with van der Waals surface area (Å²) in [5.74, 6) is -0.362. The standard InChI is InChI=1S/C18H13F3N2OS/c19-18(20,21)14-8-4-5-12(9-14)10-22-17(24)16-15(23-11-25-16)13-6-2-1-3-7-13/h1-9,11H,10H2,(H,22,24).